The van der Waals surface area contributed by atoms with E-state index in [1.54, 1.807) is 37.1 Å². The first-order valence-corrected chi connectivity index (χ1v) is 11.5. The maximum atomic E-state index is 12.3. The summed E-state index contributed by atoms with van der Waals surface area (Å²) in [5.74, 6) is 1.90. The number of sulfonamides is 1. The first kappa shape index (κ1) is 21.4. The monoisotopic (exact) mass is 417 g/mol. The van der Waals surface area contributed by atoms with Gasteiger partial charge in [-0.25, -0.2) is 13.1 Å². The number of guanidine groups is 1. The van der Waals surface area contributed by atoms with Crippen molar-refractivity contribution >= 4 is 16.0 Å². The molecule has 1 aliphatic rings. The van der Waals surface area contributed by atoms with Gasteiger partial charge in [-0.05, 0) is 29.9 Å². The summed E-state index contributed by atoms with van der Waals surface area (Å²) in [6.07, 6.45) is 4.38. The molecule has 2 aromatic rings. The van der Waals surface area contributed by atoms with Crippen LogP contribution in [0, 0.1) is 5.92 Å². The number of nitrogens with one attached hydrogen (secondary N) is 2. The maximum Gasteiger partial charge on any atom is 0.242 e. The van der Waals surface area contributed by atoms with Crippen LogP contribution in [0.4, 0.5) is 0 Å². The Kier molecular flexibility index (Phi) is 6.97. The van der Waals surface area contributed by atoms with Crippen molar-refractivity contribution in [3.05, 3.63) is 54.4 Å². The van der Waals surface area contributed by atoms with Gasteiger partial charge in [-0.3, -0.25) is 4.99 Å². The highest BCUT2D eigenvalue weighted by molar-refractivity contribution is 7.89. The van der Waals surface area contributed by atoms with Gasteiger partial charge in [-0.1, -0.05) is 37.3 Å². The molecule has 7 nitrogen and oxygen atoms in total. The van der Waals surface area contributed by atoms with E-state index < -0.39 is 10.0 Å². The summed E-state index contributed by atoms with van der Waals surface area (Å²) < 4.78 is 28.9. The van der Waals surface area contributed by atoms with Crippen LogP contribution in [0.1, 0.15) is 24.8 Å². The topological polar surface area (TPSA) is 78.7 Å². The van der Waals surface area contributed by atoms with E-state index >= 15 is 0 Å². The van der Waals surface area contributed by atoms with E-state index in [0.29, 0.717) is 24.9 Å². The molecule has 1 aliphatic heterocycles. The number of aryl methyl sites for hydroxylation is 1. The minimum absolute atomic E-state index is 0.279. The van der Waals surface area contributed by atoms with E-state index in [9.17, 15) is 8.42 Å². The Hall–Kier alpha value is -2.32. The van der Waals surface area contributed by atoms with E-state index in [2.05, 4.69) is 57.2 Å². The van der Waals surface area contributed by atoms with Gasteiger partial charge in [0.05, 0.1) is 4.90 Å². The summed E-state index contributed by atoms with van der Waals surface area (Å²) in [6, 6.07) is 12.3. The molecule has 29 heavy (non-hydrogen) atoms. The minimum Gasteiger partial charge on any atom is -0.356 e. The second-order valence-corrected chi connectivity index (χ2v) is 9.38. The third kappa shape index (κ3) is 5.39. The van der Waals surface area contributed by atoms with Crippen LogP contribution in [0.15, 0.2) is 58.7 Å². The van der Waals surface area contributed by atoms with Gasteiger partial charge >= 0.3 is 0 Å². The number of benzene rings is 1. The fraction of sp³-hybridized carbons (Fsp3) is 0.476. The molecule has 0 spiro atoms. The van der Waals surface area contributed by atoms with Crippen LogP contribution < -0.4 is 10.0 Å². The maximum absolute atomic E-state index is 12.3. The molecule has 1 saturated heterocycles. The lowest BCUT2D eigenvalue weighted by atomic mass is 9.82. The first-order valence-electron chi connectivity index (χ1n) is 10.0. The molecule has 1 aromatic carbocycles. The standard InChI is InChI=1S/C21H31N5O2S/c1-17-15-26(14-10-20(17)18-7-5-4-6-8-18)21(22-2)23-11-12-24-29(27,28)19-9-13-25(3)16-19/h4-9,13,16-17,20,24H,10-12,14-15H2,1-3H3,(H,22,23). The lowest BCUT2D eigenvalue weighted by molar-refractivity contribution is 0.234. The van der Waals surface area contributed by atoms with Crippen LogP contribution in [0.5, 0.6) is 0 Å². The zero-order valence-electron chi connectivity index (χ0n) is 17.4. The zero-order valence-corrected chi connectivity index (χ0v) is 18.2. The summed E-state index contributed by atoms with van der Waals surface area (Å²) in [7, 11) is 0.0864. The Labute approximate surface area is 173 Å². The molecule has 1 fully saturated rings. The molecule has 2 N–H and O–H groups in total. The van der Waals surface area contributed by atoms with Gasteiger partial charge in [-0.15, -0.1) is 0 Å². The number of aliphatic imine (C=N–C) groups is 1. The van der Waals surface area contributed by atoms with Crippen molar-refractivity contribution in [3.63, 3.8) is 0 Å². The van der Waals surface area contributed by atoms with Crippen LogP contribution >= 0.6 is 0 Å². The average Bonchev–Trinajstić information content (AvgIpc) is 3.16. The quantitative estimate of drug-likeness (QED) is 0.428. The van der Waals surface area contributed by atoms with Gasteiger partial charge in [0.2, 0.25) is 10.0 Å². The molecule has 2 atom stereocenters. The molecule has 0 bridgehead atoms. The number of hydrogen-bond acceptors (Lipinski definition) is 3. The summed E-state index contributed by atoms with van der Waals surface area (Å²) in [5, 5.41) is 3.29. The minimum atomic E-state index is -3.48. The normalized spacial score (nSPS) is 20.7. The summed E-state index contributed by atoms with van der Waals surface area (Å²) in [6.45, 7) is 4.91. The molecular formula is C21H31N5O2S. The van der Waals surface area contributed by atoms with Crippen LogP contribution in [-0.2, 0) is 17.1 Å². The SMILES string of the molecule is CN=C(NCCNS(=O)(=O)c1ccn(C)c1)N1CCC(c2ccccc2)C(C)C1. The lowest BCUT2D eigenvalue weighted by Gasteiger charge is -2.39. The number of rotatable bonds is 6. The zero-order chi connectivity index (χ0) is 20.9. The Morgan fingerprint density at radius 1 is 1.21 bits per heavy atom. The van der Waals surface area contributed by atoms with Crippen molar-refractivity contribution in [2.45, 2.75) is 24.2 Å². The third-order valence-corrected chi connectivity index (χ3v) is 6.91. The van der Waals surface area contributed by atoms with Crippen LogP contribution in [0.2, 0.25) is 0 Å². The van der Waals surface area contributed by atoms with Crippen molar-refractivity contribution in [3.8, 4) is 0 Å². The van der Waals surface area contributed by atoms with Gasteiger partial charge in [0.1, 0.15) is 0 Å². The Morgan fingerprint density at radius 2 is 1.97 bits per heavy atom. The smallest absolute Gasteiger partial charge is 0.242 e. The molecule has 0 saturated carbocycles. The molecule has 0 amide bonds. The summed E-state index contributed by atoms with van der Waals surface area (Å²) >= 11 is 0. The molecule has 2 heterocycles. The predicted octanol–water partition coefficient (Wildman–Crippen LogP) is 2.00. The lowest BCUT2D eigenvalue weighted by Crippen LogP contribution is -2.49. The molecule has 0 aliphatic carbocycles. The second-order valence-electron chi connectivity index (χ2n) is 7.61. The molecular weight excluding hydrogens is 386 g/mol. The Bertz CT molecular complexity index is 924. The number of nitrogens with zero attached hydrogens (tertiary/aromatic N) is 3. The summed E-state index contributed by atoms with van der Waals surface area (Å²) in [4.78, 5) is 6.93. The van der Waals surface area contributed by atoms with Gasteiger partial charge in [0.25, 0.3) is 0 Å². The van der Waals surface area contributed by atoms with Gasteiger partial charge < -0.3 is 14.8 Å². The largest absolute Gasteiger partial charge is 0.356 e. The molecule has 3 rings (SSSR count). The highest BCUT2D eigenvalue weighted by Gasteiger charge is 2.28. The predicted molar refractivity (Wildman–Crippen MR) is 117 cm³/mol. The van der Waals surface area contributed by atoms with E-state index in [1.165, 1.54) is 5.56 Å². The van der Waals surface area contributed by atoms with Crippen molar-refractivity contribution in [1.82, 2.24) is 19.5 Å². The number of aromatic nitrogens is 1. The first-order chi connectivity index (χ1) is 13.9. The highest BCUT2D eigenvalue weighted by atomic mass is 32.2. The average molecular weight is 418 g/mol. The fourth-order valence-electron chi connectivity index (χ4n) is 3.95. The van der Waals surface area contributed by atoms with E-state index in [-0.39, 0.29) is 4.90 Å². The van der Waals surface area contributed by atoms with Crippen molar-refractivity contribution in [2.24, 2.45) is 18.0 Å². The van der Waals surface area contributed by atoms with E-state index in [4.69, 9.17) is 0 Å². The molecule has 0 radical (unpaired) electrons. The molecule has 158 valence electrons. The van der Waals surface area contributed by atoms with Crippen LogP contribution in [0.3, 0.4) is 0 Å². The van der Waals surface area contributed by atoms with E-state index in [1.807, 2.05) is 0 Å². The Balaban J connectivity index is 1.48. The Morgan fingerprint density at radius 3 is 2.59 bits per heavy atom. The fourth-order valence-corrected chi connectivity index (χ4v) is 5.03. The summed E-state index contributed by atoms with van der Waals surface area (Å²) in [5.41, 5.74) is 1.40. The molecule has 8 heteroatoms. The van der Waals surface area contributed by atoms with Crippen molar-refractivity contribution in [1.29, 1.82) is 0 Å². The number of likely N-dealkylation sites (tertiary alicyclic amines) is 1. The van der Waals surface area contributed by atoms with E-state index in [0.717, 1.165) is 25.5 Å². The van der Waals surface area contributed by atoms with Crippen LogP contribution in [-0.4, -0.2) is 57.1 Å². The molecule has 1 aromatic heterocycles. The highest BCUT2D eigenvalue weighted by Crippen LogP contribution is 2.32. The molecule has 2 unspecified atom stereocenters. The number of piperidine rings is 1. The van der Waals surface area contributed by atoms with Gasteiger partial charge in [0.15, 0.2) is 5.96 Å². The van der Waals surface area contributed by atoms with Crippen molar-refractivity contribution in [2.75, 3.05) is 33.2 Å². The third-order valence-electron chi connectivity index (χ3n) is 5.46. The van der Waals surface area contributed by atoms with Crippen LogP contribution in [0.25, 0.3) is 0 Å². The second kappa shape index (κ2) is 9.45. The van der Waals surface area contributed by atoms with Crippen molar-refractivity contribution < 1.29 is 8.42 Å². The van der Waals surface area contributed by atoms with Gasteiger partial charge in [-0.2, -0.15) is 0 Å². The number of hydrogen-bond donors (Lipinski definition) is 2. The van der Waals surface area contributed by atoms with Gasteiger partial charge in [0, 0.05) is 52.7 Å².